The zero-order valence-corrected chi connectivity index (χ0v) is 16.7. The van der Waals surface area contributed by atoms with Crippen LogP contribution in [-0.4, -0.2) is 35.0 Å². The number of carbonyl (C=O) groups excluding carboxylic acids is 1. The molecule has 3 heterocycles. The molecular weight excluding hydrogens is 368 g/mol. The number of nitrogens with zero attached hydrogens (tertiary/aromatic N) is 2. The van der Waals surface area contributed by atoms with Gasteiger partial charge in [0.1, 0.15) is 17.4 Å². The smallest absolute Gasteiger partial charge is 0.234 e. The van der Waals surface area contributed by atoms with Crippen molar-refractivity contribution in [3.63, 3.8) is 0 Å². The third-order valence-corrected chi connectivity index (χ3v) is 7.25. The molecule has 3 aromatic rings. The van der Waals surface area contributed by atoms with Crippen LogP contribution in [0.15, 0.2) is 54.0 Å². The topological polar surface area (TPSA) is 42.4 Å². The molecule has 2 aromatic heterocycles. The second-order valence-electron chi connectivity index (χ2n) is 7.88. The summed E-state index contributed by atoms with van der Waals surface area (Å²) in [7, 11) is 0. The minimum absolute atomic E-state index is 0.0262. The zero-order chi connectivity index (χ0) is 19.0. The molecule has 1 aliphatic heterocycles. The van der Waals surface area contributed by atoms with E-state index in [4.69, 9.17) is 4.74 Å². The first kappa shape index (κ1) is 17.7. The monoisotopic (exact) mass is 392 g/mol. The summed E-state index contributed by atoms with van der Waals surface area (Å²) in [5.74, 6) is 1.11. The Kier molecular flexibility index (Phi) is 4.55. The number of fused-ring (bicyclic) bond motifs is 1. The molecular formula is C23H24N2O2S. The van der Waals surface area contributed by atoms with Crippen LogP contribution in [0.5, 0.6) is 5.75 Å². The fourth-order valence-corrected chi connectivity index (χ4v) is 5.74. The molecule has 1 atom stereocenters. The van der Waals surface area contributed by atoms with Gasteiger partial charge in [-0.05, 0) is 36.4 Å². The van der Waals surface area contributed by atoms with Gasteiger partial charge in [-0.3, -0.25) is 9.78 Å². The van der Waals surface area contributed by atoms with Crippen LogP contribution in [0.2, 0.25) is 0 Å². The van der Waals surface area contributed by atoms with Crippen LogP contribution in [0.3, 0.4) is 0 Å². The normalized spacial score (nSPS) is 21.3. The summed E-state index contributed by atoms with van der Waals surface area (Å²) < 4.78 is 6.30. The Balaban J connectivity index is 1.34. The third kappa shape index (κ3) is 2.98. The van der Waals surface area contributed by atoms with E-state index in [9.17, 15) is 4.79 Å². The minimum Gasteiger partial charge on any atom is -0.486 e. The molecule has 5 rings (SSSR count). The van der Waals surface area contributed by atoms with Gasteiger partial charge in [-0.2, -0.15) is 0 Å². The van der Waals surface area contributed by atoms with E-state index in [2.05, 4.69) is 22.5 Å². The molecule has 1 saturated carbocycles. The molecule has 0 N–H and O–H groups in total. The number of aromatic nitrogens is 1. The maximum atomic E-state index is 13.5. The number of rotatable bonds is 4. The maximum absolute atomic E-state index is 13.5. The van der Waals surface area contributed by atoms with Crippen molar-refractivity contribution in [1.82, 2.24) is 9.88 Å². The zero-order valence-electron chi connectivity index (χ0n) is 15.8. The Labute approximate surface area is 169 Å². The number of likely N-dealkylation sites (tertiary alicyclic amines) is 1. The molecule has 0 bridgehead atoms. The lowest BCUT2D eigenvalue weighted by Crippen LogP contribution is -2.44. The summed E-state index contributed by atoms with van der Waals surface area (Å²) >= 11 is 1.72. The number of para-hydroxylation sites is 1. The first-order valence-corrected chi connectivity index (χ1v) is 11.0. The lowest BCUT2D eigenvalue weighted by molar-refractivity contribution is -0.136. The number of pyridine rings is 1. The maximum Gasteiger partial charge on any atom is 0.234 e. The van der Waals surface area contributed by atoms with Crippen molar-refractivity contribution in [1.29, 1.82) is 0 Å². The van der Waals surface area contributed by atoms with Crippen molar-refractivity contribution < 1.29 is 9.53 Å². The fourth-order valence-electron chi connectivity index (χ4n) is 4.76. The van der Waals surface area contributed by atoms with Crippen LogP contribution in [0, 0.1) is 0 Å². The van der Waals surface area contributed by atoms with E-state index in [1.54, 1.807) is 17.5 Å². The molecule has 0 radical (unpaired) electrons. The average molecular weight is 393 g/mol. The molecule has 1 amide bonds. The van der Waals surface area contributed by atoms with Crippen molar-refractivity contribution in [2.45, 2.75) is 43.6 Å². The quantitative estimate of drug-likeness (QED) is 0.641. The summed E-state index contributed by atoms with van der Waals surface area (Å²) in [4.78, 5) is 21.3. The van der Waals surface area contributed by atoms with Crippen molar-refractivity contribution in [3.05, 3.63) is 58.9 Å². The Hall–Kier alpha value is -2.40. The lowest BCUT2D eigenvalue weighted by atomic mass is 9.83. The van der Waals surface area contributed by atoms with E-state index in [1.165, 1.54) is 4.88 Å². The van der Waals surface area contributed by atoms with Gasteiger partial charge in [0.05, 0.1) is 12.0 Å². The molecule has 1 aromatic carbocycles. The van der Waals surface area contributed by atoms with Gasteiger partial charge < -0.3 is 9.64 Å². The molecule has 0 spiro atoms. The Morgan fingerprint density at radius 1 is 1.14 bits per heavy atom. The van der Waals surface area contributed by atoms with E-state index in [1.807, 2.05) is 35.2 Å². The van der Waals surface area contributed by atoms with E-state index in [0.717, 1.165) is 55.3 Å². The number of ether oxygens (including phenoxy) is 1. The van der Waals surface area contributed by atoms with Crippen molar-refractivity contribution in [2.75, 3.05) is 13.1 Å². The van der Waals surface area contributed by atoms with Gasteiger partial charge in [-0.1, -0.05) is 37.1 Å². The molecule has 2 aliphatic rings. The SMILES string of the molecule is O=C(N1CCC(Oc2cccc3cccnc23)C1)C1(c2cccs2)CCCC1. The molecule has 1 unspecified atom stereocenters. The standard InChI is InChI=1S/C23H24N2O2S/c26-22(23(11-1-2-12-23)20-9-5-15-28-20)25-14-10-18(16-25)27-19-8-3-6-17-7-4-13-24-21(17)19/h3-9,13,15,18H,1-2,10-12,14,16H2. The van der Waals surface area contributed by atoms with Crippen LogP contribution in [0.25, 0.3) is 10.9 Å². The highest BCUT2D eigenvalue weighted by molar-refractivity contribution is 7.10. The van der Waals surface area contributed by atoms with Gasteiger partial charge in [-0.15, -0.1) is 11.3 Å². The van der Waals surface area contributed by atoms with Crippen molar-refractivity contribution in [2.24, 2.45) is 0 Å². The number of hydrogen-bond donors (Lipinski definition) is 0. The van der Waals surface area contributed by atoms with Gasteiger partial charge in [-0.25, -0.2) is 0 Å². The van der Waals surface area contributed by atoms with E-state index < -0.39 is 0 Å². The van der Waals surface area contributed by atoms with Gasteiger partial charge in [0.15, 0.2) is 0 Å². The number of thiophene rings is 1. The summed E-state index contributed by atoms with van der Waals surface area (Å²) in [6, 6.07) is 14.2. The molecule has 1 saturated heterocycles. The van der Waals surface area contributed by atoms with Crippen molar-refractivity contribution in [3.8, 4) is 5.75 Å². The fraction of sp³-hybridized carbons (Fsp3) is 0.391. The van der Waals surface area contributed by atoms with E-state index in [0.29, 0.717) is 12.5 Å². The third-order valence-electron chi connectivity index (χ3n) is 6.18. The highest BCUT2D eigenvalue weighted by atomic mass is 32.1. The molecule has 144 valence electrons. The lowest BCUT2D eigenvalue weighted by Gasteiger charge is -2.31. The second-order valence-corrected chi connectivity index (χ2v) is 8.83. The highest BCUT2D eigenvalue weighted by Crippen LogP contribution is 2.45. The number of benzene rings is 1. The van der Waals surface area contributed by atoms with Crippen LogP contribution in [-0.2, 0) is 10.2 Å². The largest absolute Gasteiger partial charge is 0.486 e. The Morgan fingerprint density at radius 2 is 2.00 bits per heavy atom. The minimum atomic E-state index is -0.302. The Bertz CT molecular complexity index is 974. The van der Waals surface area contributed by atoms with Crippen LogP contribution in [0.4, 0.5) is 0 Å². The summed E-state index contributed by atoms with van der Waals surface area (Å²) in [5, 5.41) is 3.17. The highest BCUT2D eigenvalue weighted by Gasteiger charge is 2.47. The van der Waals surface area contributed by atoms with E-state index in [-0.39, 0.29) is 11.5 Å². The van der Waals surface area contributed by atoms with Crippen LogP contribution < -0.4 is 4.74 Å². The van der Waals surface area contributed by atoms with E-state index >= 15 is 0 Å². The Morgan fingerprint density at radius 3 is 2.82 bits per heavy atom. The van der Waals surface area contributed by atoms with Gasteiger partial charge in [0.25, 0.3) is 0 Å². The summed E-state index contributed by atoms with van der Waals surface area (Å²) in [6.45, 7) is 1.43. The molecule has 5 heteroatoms. The molecule has 4 nitrogen and oxygen atoms in total. The molecule has 2 fully saturated rings. The number of hydrogen-bond acceptors (Lipinski definition) is 4. The number of amides is 1. The van der Waals surface area contributed by atoms with Gasteiger partial charge in [0, 0.05) is 29.4 Å². The number of carbonyl (C=O) groups is 1. The summed E-state index contributed by atoms with van der Waals surface area (Å²) in [5.41, 5.74) is 0.588. The predicted molar refractivity (Wildman–Crippen MR) is 112 cm³/mol. The first-order valence-electron chi connectivity index (χ1n) is 10.1. The first-order chi connectivity index (χ1) is 13.8. The van der Waals surface area contributed by atoms with Gasteiger partial charge in [0.2, 0.25) is 5.91 Å². The second kappa shape index (κ2) is 7.21. The van der Waals surface area contributed by atoms with Gasteiger partial charge >= 0.3 is 0 Å². The van der Waals surface area contributed by atoms with Crippen LogP contribution in [0.1, 0.15) is 37.0 Å². The van der Waals surface area contributed by atoms with Crippen LogP contribution >= 0.6 is 11.3 Å². The molecule has 28 heavy (non-hydrogen) atoms. The van der Waals surface area contributed by atoms with Crippen molar-refractivity contribution >= 4 is 28.1 Å². The summed E-state index contributed by atoms with van der Waals surface area (Å²) in [6.07, 6.45) is 6.92. The molecule has 1 aliphatic carbocycles. The average Bonchev–Trinajstić information content (AvgIpc) is 3.49. The predicted octanol–water partition coefficient (Wildman–Crippen LogP) is 4.79.